The van der Waals surface area contributed by atoms with Crippen LogP contribution in [0.1, 0.15) is 16.7 Å². The van der Waals surface area contributed by atoms with Crippen LogP contribution in [-0.4, -0.2) is 19.9 Å². The van der Waals surface area contributed by atoms with Crippen molar-refractivity contribution >= 4 is 34.7 Å². The number of esters is 1. The van der Waals surface area contributed by atoms with Crippen LogP contribution >= 0.6 is 23.2 Å². The molecule has 0 atom stereocenters. The molecule has 0 unspecified atom stereocenters. The second kappa shape index (κ2) is 9.81. The number of hydrogen-bond donors (Lipinski definition) is 0. The molecule has 0 aliphatic rings. The number of halogens is 3. The van der Waals surface area contributed by atoms with E-state index in [4.69, 9.17) is 37.9 Å². The van der Waals surface area contributed by atoms with Gasteiger partial charge in [-0.25, -0.2) is 9.18 Å². The minimum absolute atomic E-state index is 0.00543. The Bertz CT molecular complexity index is 886. The minimum atomic E-state index is -1.09. The fourth-order valence-electron chi connectivity index (χ4n) is 2.27. The van der Waals surface area contributed by atoms with E-state index in [1.165, 1.54) is 19.2 Å². The van der Waals surface area contributed by atoms with Crippen molar-refractivity contribution in [3.05, 3.63) is 69.4 Å². The van der Waals surface area contributed by atoms with E-state index in [0.29, 0.717) is 16.7 Å². The summed E-state index contributed by atoms with van der Waals surface area (Å²) in [6, 6.07) is 11.6. The molecule has 0 radical (unpaired) electrons. The molecule has 2 rings (SSSR count). The number of carbonyl (C=O) groups is 1. The van der Waals surface area contributed by atoms with Gasteiger partial charge in [0.25, 0.3) is 0 Å². The molecule has 0 heterocycles. The first-order valence-corrected chi connectivity index (χ1v) is 8.33. The van der Waals surface area contributed by atoms with Crippen molar-refractivity contribution in [2.45, 2.75) is 6.61 Å². The van der Waals surface area contributed by atoms with Crippen molar-refractivity contribution in [3.8, 4) is 11.8 Å². The number of ether oxygens (including phenoxy) is 3. The molecule has 0 fully saturated rings. The van der Waals surface area contributed by atoms with Crippen LogP contribution in [0.3, 0.4) is 0 Å². The summed E-state index contributed by atoms with van der Waals surface area (Å²) in [5.41, 5.74) is 1.37. The zero-order chi connectivity index (χ0) is 19.8. The Balaban J connectivity index is 2.34. The third-order valence-electron chi connectivity index (χ3n) is 3.48. The van der Waals surface area contributed by atoms with Gasteiger partial charge in [-0.2, -0.15) is 5.26 Å². The molecular weight excluding hydrogens is 396 g/mol. The molecule has 0 saturated carbocycles. The van der Waals surface area contributed by atoms with E-state index in [0.717, 1.165) is 6.26 Å². The SMILES string of the molecule is COC(=O)/C(=C/OCF)c1ccccc1COc1c(Cl)cc(C#N)cc1Cl. The monoisotopic (exact) mass is 409 g/mol. The van der Waals surface area contributed by atoms with Crippen LogP contribution < -0.4 is 4.74 Å². The summed E-state index contributed by atoms with van der Waals surface area (Å²) in [6.45, 7) is -1.08. The Labute approximate surface area is 165 Å². The molecule has 0 N–H and O–H groups in total. The fourth-order valence-corrected chi connectivity index (χ4v) is 2.86. The summed E-state index contributed by atoms with van der Waals surface area (Å²) in [5.74, 6) is -0.485. The van der Waals surface area contributed by atoms with Crippen LogP contribution in [0.5, 0.6) is 5.75 Å². The number of alkyl halides is 1. The highest BCUT2D eigenvalue weighted by Crippen LogP contribution is 2.35. The second-order valence-electron chi connectivity index (χ2n) is 5.13. The average molecular weight is 410 g/mol. The van der Waals surface area contributed by atoms with Crippen molar-refractivity contribution in [2.24, 2.45) is 0 Å². The zero-order valence-corrected chi connectivity index (χ0v) is 15.7. The molecule has 2 aromatic carbocycles. The molecule has 0 bridgehead atoms. The van der Waals surface area contributed by atoms with Gasteiger partial charge >= 0.3 is 5.97 Å². The Morgan fingerprint density at radius 1 is 1.26 bits per heavy atom. The number of rotatable bonds is 7. The van der Waals surface area contributed by atoms with E-state index in [-0.39, 0.29) is 28.0 Å². The van der Waals surface area contributed by atoms with Gasteiger partial charge in [0.15, 0.2) is 5.75 Å². The lowest BCUT2D eigenvalue weighted by Crippen LogP contribution is -2.08. The van der Waals surface area contributed by atoms with Gasteiger partial charge in [0.1, 0.15) is 18.4 Å². The highest BCUT2D eigenvalue weighted by Gasteiger charge is 2.18. The maximum absolute atomic E-state index is 12.4. The largest absolute Gasteiger partial charge is 0.486 e. The van der Waals surface area contributed by atoms with Crippen molar-refractivity contribution in [2.75, 3.05) is 14.0 Å². The highest BCUT2D eigenvalue weighted by molar-refractivity contribution is 6.37. The van der Waals surface area contributed by atoms with Crippen molar-refractivity contribution in [1.29, 1.82) is 5.26 Å². The summed E-state index contributed by atoms with van der Waals surface area (Å²) in [6.07, 6.45) is 0.992. The van der Waals surface area contributed by atoms with Crippen molar-refractivity contribution in [3.63, 3.8) is 0 Å². The third-order valence-corrected chi connectivity index (χ3v) is 4.04. The second-order valence-corrected chi connectivity index (χ2v) is 5.94. The molecule has 8 heteroatoms. The van der Waals surface area contributed by atoms with E-state index >= 15 is 0 Å². The fraction of sp³-hybridized carbons (Fsp3) is 0.158. The van der Waals surface area contributed by atoms with Gasteiger partial charge in [-0.05, 0) is 23.3 Å². The Morgan fingerprint density at radius 3 is 2.52 bits per heavy atom. The normalized spacial score (nSPS) is 10.9. The number of benzene rings is 2. The Hall–Kier alpha value is -2.75. The zero-order valence-electron chi connectivity index (χ0n) is 14.2. The molecule has 5 nitrogen and oxygen atoms in total. The van der Waals surface area contributed by atoms with Crippen LogP contribution in [0.4, 0.5) is 4.39 Å². The standard InChI is InChI=1S/C19H14Cl2FNO4/c1-25-19(24)15(10-26-11-22)14-5-3-2-4-13(14)9-27-18-16(20)6-12(8-23)7-17(18)21/h2-7,10H,9,11H2,1H3/b15-10+. The molecule has 0 aliphatic heterocycles. The van der Waals surface area contributed by atoms with Crippen molar-refractivity contribution < 1.29 is 23.4 Å². The van der Waals surface area contributed by atoms with E-state index in [1.807, 2.05) is 6.07 Å². The molecule has 27 heavy (non-hydrogen) atoms. The summed E-state index contributed by atoms with van der Waals surface area (Å²) >= 11 is 12.2. The van der Waals surface area contributed by atoms with Crippen LogP contribution in [0.25, 0.3) is 5.57 Å². The van der Waals surface area contributed by atoms with Gasteiger partial charge in [-0.3, -0.25) is 0 Å². The number of hydrogen-bond acceptors (Lipinski definition) is 5. The maximum Gasteiger partial charge on any atom is 0.341 e. The molecule has 0 aliphatic carbocycles. The minimum Gasteiger partial charge on any atom is -0.486 e. The summed E-state index contributed by atoms with van der Waals surface area (Å²) in [5, 5.41) is 9.30. The summed E-state index contributed by atoms with van der Waals surface area (Å²) < 4.78 is 27.4. The smallest absolute Gasteiger partial charge is 0.341 e. The van der Waals surface area contributed by atoms with E-state index in [1.54, 1.807) is 24.3 Å². The lowest BCUT2D eigenvalue weighted by molar-refractivity contribution is -0.133. The predicted molar refractivity (Wildman–Crippen MR) is 99.0 cm³/mol. The lowest BCUT2D eigenvalue weighted by atomic mass is 10.0. The topological polar surface area (TPSA) is 68.6 Å². The average Bonchev–Trinajstić information content (AvgIpc) is 2.68. The van der Waals surface area contributed by atoms with Gasteiger partial charge in [0.2, 0.25) is 6.86 Å². The van der Waals surface area contributed by atoms with Crippen LogP contribution in [-0.2, 0) is 20.9 Å². The first-order chi connectivity index (χ1) is 13.0. The molecule has 2 aromatic rings. The maximum atomic E-state index is 12.4. The first kappa shape index (κ1) is 20.6. The third kappa shape index (κ3) is 5.13. The molecule has 0 aromatic heterocycles. The van der Waals surface area contributed by atoms with Gasteiger partial charge in [0.05, 0.1) is 28.8 Å². The number of carbonyl (C=O) groups excluding carboxylic acids is 1. The summed E-state index contributed by atoms with van der Waals surface area (Å²) in [7, 11) is 1.21. The van der Waals surface area contributed by atoms with Crippen LogP contribution in [0, 0.1) is 11.3 Å². The molecular formula is C19H14Cl2FNO4. The van der Waals surface area contributed by atoms with Crippen molar-refractivity contribution in [1.82, 2.24) is 0 Å². The Morgan fingerprint density at radius 2 is 1.93 bits per heavy atom. The number of nitriles is 1. The quantitative estimate of drug-likeness (QED) is 0.369. The molecule has 140 valence electrons. The van der Waals surface area contributed by atoms with E-state index in [2.05, 4.69) is 4.74 Å². The number of nitrogens with zero attached hydrogens (tertiary/aromatic N) is 1. The molecule has 0 amide bonds. The highest BCUT2D eigenvalue weighted by atomic mass is 35.5. The van der Waals surface area contributed by atoms with Gasteiger partial charge < -0.3 is 14.2 Å². The van der Waals surface area contributed by atoms with Crippen LogP contribution in [0.15, 0.2) is 42.7 Å². The first-order valence-electron chi connectivity index (χ1n) is 7.58. The molecule has 0 saturated heterocycles. The van der Waals surface area contributed by atoms with Gasteiger partial charge in [0, 0.05) is 0 Å². The summed E-state index contributed by atoms with van der Waals surface area (Å²) in [4.78, 5) is 12.0. The van der Waals surface area contributed by atoms with E-state index in [9.17, 15) is 9.18 Å². The number of methoxy groups -OCH3 is 1. The van der Waals surface area contributed by atoms with Gasteiger partial charge in [-0.1, -0.05) is 47.5 Å². The van der Waals surface area contributed by atoms with Crippen LogP contribution in [0.2, 0.25) is 10.0 Å². The predicted octanol–water partition coefficient (Wildman–Crippen LogP) is 4.90. The lowest BCUT2D eigenvalue weighted by Gasteiger charge is -2.14. The van der Waals surface area contributed by atoms with Gasteiger partial charge in [-0.15, -0.1) is 0 Å². The molecule has 0 spiro atoms. The van der Waals surface area contributed by atoms with E-state index < -0.39 is 12.8 Å². The Kier molecular flexibility index (Phi) is 7.47.